The van der Waals surface area contributed by atoms with E-state index < -0.39 is 11.4 Å². The molecular formula is C18H18ClNO3. The summed E-state index contributed by atoms with van der Waals surface area (Å²) >= 11 is 6.03. The van der Waals surface area contributed by atoms with Gasteiger partial charge in [0.05, 0.1) is 5.41 Å². The van der Waals surface area contributed by atoms with Gasteiger partial charge in [0.15, 0.2) is 0 Å². The molecule has 0 saturated heterocycles. The summed E-state index contributed by atoms with van der Waals surface area (Å²) in [5.41, 5.74) is 0.630. The highest BCUT2D eigenvalue weighted by molar-refractivity contribution is 6.31. The van der Waals surface area contributed by atoms with Crippen LogP contribution in [0.2, 0.25) is 5.02 Å². The van der Waals surface area contributed by atoms with Crippen LogP contribution >= 0.6 is 11.6 Å². The van der Waals surface area contributed by atoms with Gasteiger partial charge in [0.2, 0.25) is 5.91 Å². The lowest BCUT2D eigenvalue weighted by molar-refractivity contribution is -0.145. The smallest absolute Gasteiger partial charge is 0.314 e. The topological polar surface area (TPSA) is 66.4 Å². The van der Waals surface area contributed by atoms with Crippen molar-refractivity contribution in [3.05, 3.63) is 64.7 Å². The molecule has 2 aromatic rings. The van der Waals surface area contributed by atoms with Crippen molar-refractivity contribution in [2.45, 2.75) is 25.7 Å². The summed E-state index contributed by atoms with van der Waals surface area (Å²) in [5.74, 6) is -1.41. The van der Waals surface area contributed by atoms with Gasteiger partial charge in [0, 0.05) is 17.1 Å². The Balaban J connectivity index is 2.23. The van der Waals surface area contributed by atoms with E-state index in [-0.39, 0.29) is 12.3 Å². The lowest BCUT2D eigenvalue weighted by atomic mass is 9.79. The minimum absolute atomic E-state index is 0.168. The van der Waals surface area contributed by atoms with Crippen molar-refractivity contribution >= 4 is 29.2 Å². The van der Waals surface area contributed by atoms with Crippen LogP contribution in [0.4, 0.5) is 5.69 Å². The Labute approximate surface area is 140 Å². The number of anilines is 1. The molecule has 2 aromatic carbocycles. The second-order valence-corrected chi connectivity index (χ2v) is 6.05. The maximum absolute atomic E-state index is 12.4. The van der Waals surface area contributed by atoms with E-state index in [2.05, 4.69) is 5.32 Å². The first-order valence-corrected chi connectivity index (χ1v) is 7.56. The van der Waals surface area contributed by atoms with Gasteiger partial charge < -0.3 is 10.4 Å². The molecular weight excluding hydrogens is 314 g/mol. The van der Waals surface area contributed by atoms with E-state index in [1.807, 2.05) is 0 Å². The van der Waals surface area contributed by atoms with Gasteiger partial charge in [0.25, 0.3) is 0 Å². The number of aliphatic carboxylic acids is 1. The molecule has 1 amide bonds. The first-order chi connectivity index (χ1) is 10.8. The van der Waals surface area contributed by atoms with Crippen LogP contribution in [0.5, 0.6) is 0 Å². The van der Waals surface area contributed by atoms with Crippen molar-refractivity contribution in [1.29, 1.82) is 0 Å². The Bertz CT molecular complexity index is 730. The van der Waals surface area contributed by atoms with Crippen LogP contribution in [0, 0.1) is 6.92 Å². The van der Waals surface area contributed by atoms with Gasteiger partial charge in [-0.25, -0.2) is 0 Å². The molecule has 0 aliphatic rings. The summed E-state index contributed by atoms with van der Waals surface area (Å²) in [5, 5.41) is 12.9. The number of carbonyl (C=O) groups is 2. The molecule has 0 spiro atoms. The maximum atomic E-state index is 12.4. The zero-order valence-electron chi connectivity index (χ0n) is 13.0. The van der Waals surface area contributed by atoms with E-state index in [1.54, 1.807) is 62.4 Å². The summed E-state index contributed by atoms with van der Waals surface area (Å²) in [7, 11) is 0. The molecule has 1 atom stereocenters. The number of carboxylic acid groups (broad SMARTS) is 1. The molecule has 4 nitrogen and oxygen atoms in total. The van der Waals surface area contributed by atoms with E-state index in [9.17, 15) is 14.7 Å². The molecule has 0 unspecified atom stereocenters. The molecule has 0 heterocycles. The Hall–Kier alpha value is -2.33. The molecule has 0 aromatic heterocycles. The van der Waals surface area contributed by atoms with Crippen molar-refractivity contribution in [1.82, 2.24) is 0 Å². The van der Waals surface area contributed by atoms with Crippen molar-refractivity contribution < 1.29 is 14.7 Å². The predicted octanol–water partition coefficient (Wildman–Crippen LogP) is 4.02. The van der Waals surface area contributed by atoms with Crippen molar-refractivity contribution in [3.8, 4) is 0 Å². The second kappa shape index (κ2) is 6.84. The van der Waals surface area contributed by atoms with Crippen LogP contribution in [0.25, 0.3) is 0 Å². The van der Waals surface area contributed by atoms with Crippen molar-refractivity contribution in [2.75, 3.05) is 5.32 Å². The van der Waals surface area contributed by atoms with E-state index in [0.29, 0.717) is 16.3 Å². The SMILES string of the molecule is Cc1c(Cl)cccc1NC(=O)C[C@](C)(C(=O)O)c1ccccc1. The molecule has 120 valence electrons. The number of amides is 1. The summed E-state index contributed by atoms with van der Waals surface area (Å²) in [4.78, 5) is 24.1. The number of benzene rings is 2. The van der Waals surface area contributed by atoms with Gasteiger partial charge in [0.1, 0.15) is 0 Å². The number of hydrogen-bond acceptors (Lipinski definition) is 2. The van der Waals surface area contributed by atoms with Crippen molar-refractivity contribution in [3.63, 3.8) is 0 Å². The standard InChI is InChI=1S/C18H18ClNO3/c1-12-14(19)9-6-10-15(12)20-16(21)11-18(2,17(22)23)13-7-4-3-5-8-13/h3-10H,11H2,1-2H3,(H,20,21)(H,22,23)/t18-/m0/s1. The van der Waals surface area contributed by atoms with E-state index >= 15 is 0 Å². The van der Waals surface area contributed by atoms with Gasteiger partial charge in [-0.05, 0) is 37.1 Å². The molecule has 2 N–H and O–H groups in total. The summed E-state index contributed by atoms with van der Waals surface area (Å²) in [6.45, 7) is 3.35. The number of nitrogens with one attached hydrogen (secondary N) is 1. The van der Waals surface area contributed by atoms with Gasteiger partial charge >= 0.3 is 5.97 Å². The average molecular weight is 332 g/mol. The highest BCUT2D eigenvalue weighted by atomic mass is 35.5. The third-order valence-electron chi connectivity index (χ3n) is 3.94. The molecule has 0 saturated carbocycles. The Morgan fingerprint density at radius 3 is 2.39 bits per heavy atom. The van der Waals surface area contributed by atoms with E-state index in [4.69, 9.17) is 11.6 Å². The fourth-order valence-electron chi connectivity index (χ4n) is 2.37. The zero-order chi connectivity index (χ0) is 17.0. The number of hydrogen-bond donors (Lipinski definition) is 2. The van der Waals surface area contributed by atoms with Crippen molar-refractivity contribution in [2.24, 2.45) is 0 Å². The Kier molecular flexibility index (Phi) is 5.06. The minimum Gasteiger partial charge on any atom is -0.481 e. The van der Waals surface area contributed by atoms with Crippen LogP contribution in [0.3, 0.4) is 0 Å². The van der Waals surface area contributed by atoms with Gasteiger partial charge in [-0.3, -0.25) is 9.59 Å². The highest BCUT2D eigenvalue weighted by Crippen LogP contribution is 2.29. The number of rotatable bonds is 5. The van der Waals surface area contributed by atoms with Crippen LogP contribution in [-0.2, 0) is 15.0 Å². The van der Waals surface area contributed by atoms with E-state index in [0.717, 1.165) is 5.56 Å². The minimum atomic E-state index is -1.29. The van der Waals surface area contributed by atoms with Gasteiger partial charge in [-0.15, -0.1) is 0 Å². The van der Waals surface area contributed by atoms with Crippen LogP contribution in [0.1, 0.15) is 24.5 Å². The van der Waals surface area contributed by atoms with Crippen LogP contribution in [-0.4, -0.2) is 17.0 Å². The number of halogens is 1. The number of carbonyl (C=O) groups excluding carboxylic acids is 1. The summed E-state index contributed by atoms with van der Waals surface area (Å²) in [6.07, 6.45) is -0.168. The Morgan fingerprint density at radius 2 is 1.78 bits per heavy atom. The molecule has 0 aliphatic carbocycles. The van der Waals surface area contributed by atoms with Crippen LogP contribution in [0.15, 0.2) is 48.5 Å². The average Bonchev–Trinajstić information content (AvgIpc) is 2.52. The molecule has 0 aliphatic heterocycles. The predicted molar refractivity (Wildman–Crippen MR) is 90.9 cm³/mol. The fourth-order valence-corrected chi connectivity index (χ4v) is 2.54. The van der Waals surface area contributed by atoms with Gasteiger partial charge in [-0.1, -0.05) is 48.0 Å². The van der Waals surface area contributed by atoms with Gasteiger partial charge in [-0.2, -0.15) is 0 Å². The normalized spacial score (nSPS) is 13.2. The molecule has 0 fully saturated rings. The zero-order valence-corrected chi connectivity index (χ0v) is 13.7. The fraction of sp³-hybridized carbons (Fsp3) is 0.222. The van der Waals surface area contributed by atoms with E-state index in [1.165, 1.54) is 0 Å². The monoisotopic (exact) mass is 331 g/mol. The third-order valence-corrected chi connectivity index (χ3v) is 4.35. The molecule has 5 heteroatoms. The third kappa shape index (κ3) is 3.71. The number of carboxylic acids is 1. The molecule has 0 bridgehead atoms. The largest absolute Gasteiger partial charge is 0.481 e. The first-order valence-electron chi connectivity index (χ1n) is 7.18. The quantitative estimate of drug-likeness (QED) is 0.869. The molecule has 0 radical (unpaired) electrons. The second-order valence-electron chi connectivity index (χ2n) is 5.64. The lowest BCUT2D eigenvalue weighted by Crippen LogP contribution is -2.36. The lowest BCUT2D eigenvalue weighted by Gasteiger charge is -2.25. The first kappa shape index (κ1) is 17.0. The molecule has 23 heavy (non-hydrogen) atoms. The molecule has 2 rings (SSSR count). The highest BCUT2D eigenvalue weighted by Gasteiger charge is 2.37. The summed E-state index contributed by atoms with van der Waals surface area (Å²) in [6, 6.07) is 14.0. The maximum Gasteiger partial charge on any atom is 0.314 e. The summed E-state index contributed by atoms with van der Waals surface area (Å²) < 4.78 is 0. The Morgan fingerprint density at radius 1 is 1.13 bits per heavy atom. The van der Waals surface area contributed by atoms with Crippen LogP contribution < -0.4 is 5.32 Å².